The second kappa shape index (κ2) is 6.35. The Morgan fingerprint density at radius 1 is 1.50 bits per heavy atom. The van der Waals surface area contributed by atoms with E-state index >= 15 is 0 Å². The van der Waals surface area contributed by atoms with Crippen LogP contribution in [0.4, 0.5) is 0 Å². The van der Waals surface area contributed by atoms with Gasteiger partial charge in [0.05, 0.1) is 0 Å². The zero-order chi connectivity index (χ0) is 12.0. The summed E-state index contributed by atoms with van der Waals surface area (Å²) in [6.07, 6.45) is 7.97. The summed E-state index contributed by atoms with van der Waals surface area (Å²) in [5.41, 5.74) is 0. The lowest BCUT2D eigenvalue weighted by Crippen LogP contribution is -2.30. The van der Waals surface area contributed by atoms with E-state index in [1.54, 1.807) is 6.08 Å². The monoisotopic (exact) mass is 240 g/mol. The molecule has 1 rings (SSSR count). The molecule has 0 spiro atoms. The molecule has 0 aromatic heterocycles. The molecular weight excluding hydrogens is 216 g/mol. The smallest absolute Gasteiger partial charge is 0.186 e. The third kappa shape index (κ3) is 5.08. The Morgan fingerprint density at radius 2 is 2.25 bits per heavy atom. The van der Waals surface area contributed by atoms with Crippen LogP contribution in [0.15, 0.2) is 12.2 Å². The maximum absolute atomic E-state index is 11.0. The van der Waals surface area contributed by atoms with Crippen LogP contribution in [-0.2, 0) is 9.22 Å². The fourth-order valence-corrected chi connectivity index (χ4v) is 4.02. The molecule has 0 aliphatic heterocycles. The van der Waals surface area contributed by atoms with E-state index in [1.807, 2.05) is 6.08 Å². The molecule has 0 saturated carbocycles. The zero-order valence-electron chi connectivity index (χ0n) is 10.8. The first kappa shape index (κ1) is 13.7. The molecule has 0 radical (unpaired) electrons. The quantitative estimate of drug-likeness (QED) is 0.636. The van der Waals surface area contributed by atoms with Crippen LogP contribution in [0.25, 0.3) is 0 Å². The van der Waals surface area contributed by atoms with Gasteiger partial charge >= 0.3 is 0 Å². The van der Waals surface area contributed by atoms with Crippen molar-refractivity contribution in [1.29, 1.82) is 0 Å². The van der Waals surface area contributed by atoms with Crippen LogP contribution in [0.1, 0.15) is 32.6 Å². The molecule has 0 bridgehead atoms. The SMILES string of the molecule is CCCC[Si](C)(C)OCC[C@H]1C=CC(=O)C1. The highest BCUT2D eigenvalue weighted by Gasteiger charge is 2.22. The van der Waals surface area contributed by atoms with Gasteiger partial charge in [-0.15, -0.1) is 0 Å². The van der Waals surface area contributed by atoms with Gasteiger partial charge in [0.2, 0.25) is 0 Å². The molecule has 0 unspecified atom stereocenters. The van der Waals surface area contributed by atoms with Gasteiger partial charge in [-0.25, -0.2) is 0 Å². The predicted molar refractivity (Wildman–Crippen MR) is 70.0 cm³/mol. The number of unbranched alkanes of at least 4 members (excludes halogenated alkanes) is 1. The average molecular weight is 240 g/mol. The molecule has 0 N–H and O–H groups in total. The van der Waals surface area contributed by atoms with Crippen molar-refractivity contribution >= 4 is 14.1 Å². The Labute approximate surface area is 100 Å². The fraction of sp³-hybridized carbons (Fsp3) is 0.769. The molecule has 0 aromatic rings. The van der Waals surface area contributed by atoms with Gasteiger partial charge in [0.25, 0.3) is 0 Å². The summed E-state index contributed by atoms with van der Waals surface area (Å²) in [4.78, 5) is 11.0. The van der Waals surface area contributed by atoms with Gasteiger partial charge in [-0.1, -0.05) is 25.8 Å². The summed E-state index contributed by atoms with van der Waals surface area (Å²) in [7, 11) is -1.42. The van der Waals surface area contributed by atoms with Gasteiger partial charge < -0.3 is 4.43 Å². The van der Waals surface area contributed by atoms with E-state index in [0.717, 1.165) is 13.0 Å². The van der Waals surface area contributed by atoms with E-state index in [1.165, 1.54) is 18.9 Å². The van der Waals surface area contributed by atoms with Crippen LogP contribution in [0.3, 0.4) is 0 Å². The van der Waals surface area contributed by atoms with Crippen molar-refractivity contribution < 1.29 is 9.22 Å². The van der Waals surface area contributed by atoms with Crippen molar-refractivity contribution in [2.45, 2.75) is 51.7 Å². The predicted octanol–water partition coefficient (Wildman–Crippen LogP) is 3.54. The second-order valence-corrected chi connectivity index (χ2v) is 9.60. The van der Waals surface area contributed by atoms with Gasteiger partial charge in [-0.2, -0.15) is 0 Å². The first-order valence-corrected chi connectivity index (χ1v) is 9.50. The van der Waals surface area contributed by atoms with Crippen LogP contribution in [0.5, 0.6) is 0 Å². The number of carbonyl (C=O) groups excluding carboxylic acids is 1. The molecule has 0 aromatic carbocycles. The van der Waals surface area contributed by atoms with Crippen molar-refractivity contribution in [1.82, 2.24) is 0 Å². The van der Waals surface area contributed by atoms with Crippen molar-refractivity contribution in [3.05, 3.63) is 12.2 Å². The molecule has 92 valence electrons. The molecule has 1 aliphatic rings. The summed E-state index contributed by atoms with van der Waals surface area (Å²) in [6.45, 7) is 7.63. The van der Waals surface area contributed by atoms with Gasteiger partial charge in [0.1, 0.15) is 0 Å². The largest absolute Gasteiger partial charge is 0.417 e. The number of rotatable bonds is 7. The average Bonchev–Trinajstić information content (AvgIpc) is 2.61. The fourth-order valence-electron chi connectivity index (χ4n) is 2.00. The summed E-state index contributed by atoms with van der Waals surface area (Å²) < 4.78 is 6.02. The number of ketones is 1. The van der Waals surface area contributed by atoms with Crippen LogP contribution in [0.2, 0.25) is 19.1 Å². The summed E-state index contributed by atoms with van der Waals surface area (Å²) >= 11 is 0. The first-order chi connectivity index (χ1) is 7.53. The Balaban J connectivity index is 2.14. The van der Waals surface area contributed by atoms with Crippen LogP contribution < -0.4 is 0 Å². The topological polar surface area (TPSA) is 26.3 Å². The van der Waals surface area contributed by atoms with Crippen molar-refractivity contribution in [2.75, 3.05) is 6.61 Å². The standard InChI is InChI=1S/C13H24O2Si/c1-4-5-10-16(2,3)15-9-8-12-6-7-13(14)11-12/h6-7,12H,4-5,8-11H2,1-3H3/t12-/m1/s1. The highest BCUT2D eigenvalue weighted by atomic mass is 28.4. The molecule has 0 amide bonds. The van der Waals surface area contributed by atoms with Gasteiger partial charge in [-0.05, 0) is 37.6 Å². The molecule has 16 heavy (non-hydrogen) atoms. The molecule has 0 fully saturated rings. The third-order valence-corrected chi connectivity index (χ3v) is 5.67. The number of carbonyl (C=O) groups is 1. The van der Waals surface area contributed by atoms with Crippen molar-refractivity contribution in [3.8, 4) is 0 Å². The second-order valence-electron chi connectivity index (χ2n) is 5.29. The van der Waals surface area contributed by atoms with Crippen LogP contribution in [-0.4, -0.2) is 20.7 Å². The summed E-state index contributed by atoms with van der Waals surface area (Å²) in [5.74, 6) is 0.705. The molecule has 1 aliphatic carbocycles. The van der Waals surface area contributed by atoms with Gasteiger partial charge in [-0.3, -0.25) is 4.79 Å². The van der Waals surface area contributed by atoms with E-state index in [9.17, 15) is 4.79 Å². The minimum Gasteiger partial charge on any atom is -0.417 e. The Kier molecular flexibility index (Phi) is 5.42. The lowest BCUT2D eigenvalue weighted by atomic mass is 10.1. The van der Waals surface area contributed by atoms with Crippen LogP contribution >= 0.6 is 0 Å². The third-order valence-electron chi connectivity index (χ3n) is 3.13. The molecular formula is C13H24O2Si. The van der Waals surface area contributed by atoms with E-state index in [-0.39, 0.29) is 5.78 Å². The number of hydrogen-bond donors (Lipinski definition) is 0. The molecule has 0 saturated heterocycles. The molecule has 1 atom stereocenters. The maximum Gasteiger partial charge on any atom is 0.186 e. The van der Waals surface area contributed by atoms with E-state index in [0.29, 0.717) is 12.3 Å². The maximum atomic E-state index is 11.0. The summed E-state index contributed by atoms with van der Waals surface area (Å²) in [5, 5.41) is 0. The number of allylic oxidation sites excluding steroid dienone is 2. The van der Waals surface area contributed by atoms with E-state index in [4.69, 9.17) is 4.43 Å². The zero-order valence-corrected chi connectivity index (χ0v) is 11.8. The summed E-state index contributed by atoms with van der Waals surface area (Å²) in [6, 6.07) is 1.25. The lowest BCUT2D eigenvalue weighted by Gasteiger charge is -2.23. The van der Waals surface area contributed by atoms with E-state index in [2.05, 4.69) is 20.0 Å². The molecule has 2 nitrogen and oxygen atoms in total. The van der Waals surface area contributed by atoms with Gasteiger partial charge in [0, 0.05) is 13.0 Å². The highest BCUT2D eigenvalue weighted by molar-refractivity contribution is 6.71. The first-order valence-electron chi connectivity index (χ1n) is 6.38. The lowest BCUT2D eigenvalue weighted by molar-refractivity contribution is -0.114. The molecule has 0 heterocycles. The Hall–Kier alpha value is -0.413. The highest BCUT2D eigenvalue weighted by Crippen LogP contribution is 2.20. The van der Waals surface area contributed by atoms with E-state index < -0.39 is 8.32 Å². The van der Waals surface area contributed by atoms with Crippen LogP contribution in [0, 0.1) is 5.92 Å². The van der Waals surface area contributed by atoms with Crippen molar-refractivity contribution in [3.63, 3.8) is 0 Å². The molecule has 3 heteroatoms. The Morgan fingerprint density at radius 3 is 2.81 bits per heavy atom. The van der Waals surface area contributed by atoms with Crippen molar-refractivity contribution in [2.24, 2.45) is 5.92 Å². The minimum absolute atomic E-state index is 0.271. The minimum atomic E-state index is -1.42. The Bertz CT molecular complexity index is 259. The van der Waals surface area contributed by atoms with Gasteiger partial charge in [0.15, 0.2) is 14.1 Å². The normalized spacial score (nSPS) is 20.7. The number of hydrogen-bond acceptors (Lipinski definition) is 2.